The second-order valence-corrected chi connectivity index (χ2v) is 8.16. The van der Waals surface area contributed by atoms with Crippen LogP contribution in [-0.4, -0.2) is 50.4 Å². The molecule has 4 rings (SSSR count). The van der Waals surface area contributed by atoms with Crippen LogP contribution >= 0.6 is 23.2 Å². The third-order valence-corrected chi connectivity index (χ3v) is 5.78. The molecule has 1 aliphatic heterocycles. The molecule has 1 aliphatic rings. The average molecular weight is 418 g/mol. The molecule has 146 valence electrons. The van der Waals surface area contributed by atoms with Gasteiger partial charge in [-0.05, 0) is 50.0 Å². The van der Waals surface area contributed by atoms with Crippen LogP contribution in [0.4, 0.5) is 0 Å². The van der Waals surface area contributed by atoms with Crippen LogP contribution in [-0.2, 0) is 6.42 Å². The van der Waals surface area contributed by atoms with Crippen LogP contribution in [0.1, 0.15) is 36.2 Å². The van der Waals surface area contributed by atoms with Crippen molar-refractivity contribution < 1.29 is 4.79 Å². The first-order valence-electron chi connectivity index (χ1n) is 9.43. The predicted octanol–water partition coefficient (Wildman–Crippen LogP) is 4.19. The second-order valence-electron chi connectivity index (χ2n) is 7.31. The quantitative estimate of drug-likeness (QED) is 0.582. The summed E-state index contributed by atoms with van der Waals surface area (Å²) in [6.45, 7) is 5.46. The van der Waals surface area contributed by atoms with Gasteiger partial charge in [0, 0.05) is 29.6 Å². The molecule has 28 heavy (non-hydrogen) atoms. The standard InChI is InChI=1S/C20H21Cl2N5O/c1-13-4-7-26(8-5-13)9-6-18-24-19-11-17(23-20(12-28)27(19)25-18)15-3-2-14(21)10-16(15)22/h2-3,10-13H,4-9H2,1H3. The summed E-state index contributed by atoms with van der Waals surface area (Å²) in [4.78, 5) is 23.0. The predicted molar refractivity (Wildman–Crippen MR) is 110 cm³/mol. The molecular weight excluding hydrogens is 397 g/mol. The molecule has 0 atom stereocenters. The monoisotopic (exact) mass is 417 g/mol. The van der Waals surface area contributed by atoms with Gasteiger partial charge < -0.3 is 4.90 Å². The zero-order valence-electron chi connectivity index (χ0n) is 15.6. The number of piperidine rings is 1. The highest BCUT2D eigenvalue weighted by molar-refractivity contribution is 6.36. The van der Waals surface area contributed by atoms with Gasteiger partial charge in [0.15, 0.2) is 23.6 Å². The lowest BCUT2D eigenvalue weighted by Gasteiger charge is -2.29. The minimum Gasteiger partial charge on any atom is -0.303 e. The van der Waals surface area contributed by atoms with Crippen molar-refractivity contribution in [2.24, 2.45) is 5.92 Å². The van der Waals surface area contributed by atoms with E-state index in [1.54, 1.807) is 24.3 Å². The summed E-state index contributed by atoms with van der Waals surface area (Å²) >= 11 is 12.3. The van der Waals surface area contributed by atoms with Crippen LogP contribution in [0.15, 0.2) is 24.3 Å². The number of benzene rings is 1. The van der Waals surface area contributed by atoms with E-state index in [9.17, 15) is 4.79 Å². The molecule has 1 aromatic carbocycles. The topological polar surface area (TPSA) is 63.4 Å². The van der Waals surface area contributed by atoms with Gasteiger partial charge in [0.25, 0.3) is 0 Å². The lowest BCUT2D eigenvalue weighted by molar-refractivity contribution is 0.111. The average Bonchev–Trinajstić information content (AvgIpc) is 3.10. The van der Waals surface area contributed by atoms with E-state index in [0.29, 0.717) is 39.1 Å². The first kappa shape index (κ1) is 19.3. The molecule has 3 aromatic rings. The molecule has 0 radical (unpaired) electrons. The lowest BCUT2D eigenvalue weighted by Crippen LogP contribution is -2.34. The Morgan fingerprint density at radius 2 is 1.96 bits per heavy atom. The molecule has 0 unspecified atom stereocenters. The van der Waals surface area contributed by atoms with Crippen LogP contribution in [0.5, 0.6) is 0 Å². The van der Waals surface area contributed by atoms with Crippen molar-refractivity contribution in [1.82, 2.24) is 24.5 Å². The molecule has 0 bridgehead atoms. The molecule has 1 saturated heterocycles. The largest absolute Gasteiger partial charge is 0.303 e. The third-order valence-electron chi connectivity index (χ3n) is 5.23. The number of fused-ring (bicyclic) bond motifs is 1. The number of aldehydes is 1. The van der Waals surface area contributed by atoms with Crippen LogP contribution in [0.2, 0.25) is 10.0 Å². The van der Waals surface area contributed by atoms with E-state index in [-0.39, 0.29) is 5.82 Å². The minimum absolute atomic E-state index is 0.198. The number of nitrogens with zero attached hydrogens (tertiary/aromatic N) is 5. The van der Waals surface area contributed by atoms with E-state index in [4.69, 9.17) is 23.2 Å². The third kappa shape index (κ3) is 4.04. The van der Waals surface area contributed by atoms with Gasteiger partial charge >= 0.3 is 0 Å². The van der Waals surface area contributed by atoms with Crippen molar-refractivity contribution in [3.8, 4) is 11.3 Å². The van der Waals surface area contributed by atoms with Gasteiger partial charge in [-0.15, -0.1) is 5.10 Å². The normalized spacial score (nSPS) is 16.0. The molecule has 3 heterocycles. The molecule has 0 spiro atoms. The van der Waals surface area contributed by atoms with Crippen LogP contribution in [0.3, 0.4) is 0 Å². The summed E-state index contributed by atoms with van der Waals surface area (Å²) < 4.78 is 1.49. The first-order valence-corrected chi connectivity index (χ1v) is 10.2. The maximum Gasteiger partial charge on any atom is 0.196 e. The Kier molecular flexibility index (Phi) is 5.62. The Labute approximate surface area is 173 Å². The van der Waals surface area contributed by atoms with Crippen molar-refractivity contribution in [2.45, 2.75) is 26.2 Å². The van der Waals surface area contributed by atoms with E-state index >= 15 is 0 Å². The number of carbonyl (C=O) groups excluding carboxylic acids is 1. The summed E-state index contributed by atoms with van der Waals surface area (Å²) in [5.41, 5.74) is 1.85. The Morgan fingerprint density at radius 1 is 1.18 bits per heavy atom. The molecule has 0 aliphatic carbocycles. The number of carbonyl (C=O) groups is 1. The zero-order valence-corrected chi connectivity index (χ0v) is 17.1. The number of rotatable bonds is 5. The number of hydrogen-bond acceptors (Lipinski definition) is 5. The number of halogens is 2. The summed E-state index contributed by atoms with van der Waals surface area (Å²) in [5.74, 6) is 1.72. The fourth-order valence-electron chi connectivity index (χ4n) is 3.52. The van der Waals surface area contributed by atoms with Crippen molar-refractivity contribution in [3.63, 3.8) is 0 Å². The van der Waals surface area contributed by atoms with E-state index in [1.807, 2.05) is 0 Å². The van der Waals surface area contributed by atoms with Gasteiger partial charge in [-0.1, -0.05) is 30.1 Å². The van der Waals surface area contributed by atoms with Gasteiger partial charge in [0.1, 0.15) is 0 Å². The Balaban J connectivity index is 1.60. The summed E-state index contributed by atoms with van der Waals surface area (Å²) in [7, 11) is 0. The smallest absolute Gasteiger partial charge is 0.196 e. The highest BCUT2D eigenvalue weighted by Crippen LogP contribution is 2.29. The maximum atomic E-state index is 11.6. The molecule has 0 saturated carbocycles. The fraction of sp³-hybridized carbons (Fsp3) is 0.400. The van der Waals surface area contributed by atoms with Gasteiger partial charge in [-0.25, -0.2) is 9.97 Å². The Bertz CT molecular complexity index is 1010. The van der Waals surface area contributed by atoms with Gasteiger partial charge in [0.05, 0.1) is 10.7 Å². The van der Waals surface area contributed by atoms with Crippen molar-refractivity contribution in [1.29, 1.82) is 0 Å². The molecule has 1 fully saturated rings. The van der Waals surface area contributed by atoms with E-state index in [0.717, 1.165) is 32.0 Å². The van der Waals surface area contributed by atoms with Crippen LogP contribution in [0.25, 0.3) is 16.9 Å². The summed E-state index contributed by atoms with van der Waals surface area (Å²) in [5, 5.41) is 5.50. The molecule has 2 aromatic heterocycles. The molecule has 0 amide bonds. The Morgan fingerprint density at radius 3 is 2.68 bits per heavy atom. The van der Waals surface area contributed by atoms with E-state index < -0.39 is 0 Å². The SMILES string of the molecule is CC1CCN(CCc2nc3cc(-c4ccc(Cl)cc4Cl)nc(C=O)n3n2)CC1. The molecular formula is C20H21Cl2N5O. The van der Waals surface area contributed by atoms with Crippen molar-refractivity contribution in [2.75, 3.05) is 19.6 Å². The van der Waals surface area contributed by atoms with E-state index in [2.05, 4.69) is 26.9 Å². The Hall–Kier alpha value is -2.02. The molecule has 0 N–H and O–H groups in total. The summed E-state index contributed by atoms with van der Waals surface area (Å²) in [6, 6.07) is 6.97. The summed E-state index contributed by atoms with van der Waals surface area (Å²) in [6.07, 6.45) is 3.90. The molecule has 8 heteroatoms. The van der Waals surface area contributed by atoms with Crippen molar-refractivity contribution in [3.05, 3.63) is 46.0 Å². The highest BCUT2D eigenvalue weighted by atomic mass is 35.5. The number of hydrogen-bond donors (Lipinski definition) is 0. The number of likely N-dealkylation sites (tertiary alicyclic amines) is 1. The molecule has 6 nitrogen and oxygen atoms in total. The zero-order chi connectivity index (χ0) is 19.7. The van der Waals surface area contributed by atoms with Gasteiger partial charge in [-0.3, -0.25) is 4.79 Å². The second kappa shape index (κ2) is 8.15. The first-order chi connectivity index (χ1) is 13.5. The fourth-order valence-corrected chi connectivity index (χ4v) is 4.02. The highest BCUT2D eigenvalue weighted by Gasteiger charge is 2.17. The van der Waals surface area contributed by atoms with Crippen molar-refractivity contribution >= 4 is 35.1 Å². The van der Waals surface area contributed by atoms with Crippen LogP contribution < -0.4 is 0 Å². The van der Waals surface area contributed by atoms with Gasteiger partial charge in [-0.2, -0.15) is 4.52 Å². The lowest BCUT2D eigenvalue weighted by atomic mass is 9.99. The van der Waals surface area contributed by atoms with Crippen LogP contribution in [0, 0.1) is 5.92 Å². The van der Waals surface area contributed by atoms with E-state index in [1.165, 1.54) is 17.4 Å². The maximum absolute atomic E-state index is 11.6. The minimum atomic E-state index is 0.198. The number of aromatic nitrogens is 4. The van der Waals surface area contributed by atoms with Gasteiger partial charge in [0.2, 0.25) is 0 Å².